The molecular formula is C15H17F3N2. The predicted octanol–water partition coefficient (Wildman–Crippen LogP) is 4.57. The average Bonchev–Trinajstić information content (AvgIpc) is 2.85. The molecule has 2 nitrogen and oxygen atoms in total. The molecule has 0 aromatic heterocycles. The molecule has 1 fully saturated rings. The van der Waals surface area contributed by atoms with Gasteiger partial charge in [0.15, 0.2) is 0 Å². The predicted molar refractivity (Wildman–Crippen MR) is 71.2 cm³/mol. The Bertz CT molecular complexity index is 517. The van der Waals surface area contributed by atoms with Crippen molar-refractivity contribution in [1.29, 1.82) is 5.26 Å². The van der Waals surface area contributed by atoms with Gasteiger partial charge in [-0.25, -0.2) is 0 Å². The molecule has 0 heterocycles. The van der Waals surface area contributed by atoms with E-state index < -0.39 is 11.7 Å². The first-order valence-electron chi connectivity index (χ1n) is 6.83. The number of anilines is 1. The van der Waals surface area contributed by atoms with Crippen LogP contribution in [0.2, 0.25) is 0 Å². The lowest BCUT2D eigenvalue weighted by atomic mass is 9.99. The van der Waals surface area contributed by atoms with Gasteiger partial charge in [0, 0.05) is 6.04 Å². The van der Waals surface area contributed by atoms with Crippen molar-refractivity contribution < 1.29 is 13.2 Å². The maximum atomic E-state index is 12.6. The fraction of sp³-hybridized carbons (Fsp3) is 0.533. The third-order valence-electron chi connectivity index (χ3n) is 3.99. The minimum absolute atomic E-state index is 0.0570. The van der Waals surface area contributed by atoms with E-state index in [2.05, 4.69) is 12.2 Å². The zero-order valence-corrected chi connectivity index (χ0v) is 11.3. The van der Waals surface area contributed by atoms with Crippen molar-refractivity contribution in [3.05, 3.63) is 29.3 Å². The van der Waals surface area contributed by atoms with Gasteiger partial charge in [0.1, 0.15) is 6.07 Å². The number of nitrogens with zero attached hydrogens (tertiary/aromatic N) is 1. The van der Waals surface area contributed by atoms with E-state index in [9.17, 15) is 13.2 Å². The number of nitriles is 1. The molecule has 1 aliphatic carbocycles. The molecule has 0 bridgehead atoms. The Morgan fingerprint density at radius 1 is 1.35 bits per heavy atom. The summed E-state index contributed by atoms with van der Waals surface area (Å²) >= 11 is 0. The Kier molecular flexibility index (Phi) is 4.22. The van der Waals surface area contributed by atoms with Crippen molar-refractivity contribution in [3.63, 3.8) is 0 Å². The summed E-state index contributed by atoms with van der Waals surface area (Å²) in [5, 5.41) is 12.3. The lowest BCUT2D eigenvalue weighted by Crippen LogP contribution is -2.24. The normalized spacial score (nSPS) is 22.6. The Morgan fingerprint density at radius 2 is 2.10 bits per heavy atom. The highest BCUT2D eigenvalue weighted by atomic mass is 19.4. The molecule has 1 aromatic rings. The largest absolute Gasteiger partial charge is 0.416 e. The standard InChI is InChI=1S/C15H17F3N2/c1-2-10-4-3-5-13(10)20-14-7-6-12(15(16,17)18)8-11(14)9-19/h6-8,10,13,20H,2-5H2,1H3. The molecule has 0 spiro atoms. The number of halogens is 3. The molecule has 1 aromatic carbocycles. The topological polar surface area (TPSA) is 35.8 Å². The second-order valence-corrected chi connectivity index (χ2v) is 5.22. The molecule has 108 valence electrons. The van der Waals surface area contributed by atoms with Crippen LogP contribution in [0.15, 0.2) is 18.2 Å². The smallest absolute Gasteiger partial charge is 0.381 e. The van der Waals surface area contributed by atoms with Crippen LogP contribution in [0.5, 0.6) is 0 Å². The maximum absolute atomic E-state index is 12.6. The summed E-state index contributed by atoms with van der Waals surface area (Å²) in [5.41, 5.74) is -0.217. The monoisotopic (exact) mass is 282 g/mol. The second kappa shape index (κ2) is 5.74. The summed E-state index contributed by atoms with van der Waals surface area (Å²) < 4.78 is 37.9. The zero-order chi connectivity index (χ0) is 14.8. The van der Waals surface area contributed by atoms with Crippen LogP contribution in [0.3, 0.4) is 0 Å². The third-order valence-corrected chi connectivity index (χ3v) is 3.99. The molecule has 20 heavy (non-hydrogen) atoms. The van der Waals surface area contributed by atoms with Gasteiger partial charge in [-0.1, -0.05) is 19.8 Å². The van der Waals surface area contributed by atoms with Crippen LogP contribution in [0.25, 0.3) is 0 Å². The molecule has 0 radical (unpaired) electrons. The molecule has 0 amide bonds. The molecule has 2 rings (SSSR count). The molecule has 5 heteroatoms. The van der Waals surface area contributed by atoms with E-state index in [1.54, 1.807) is 0 Å². The van der Waals surface area contributed by atoms with E-state index in [0.29, 0.717) is 11.6 Å². The molecule has 0 aliphatic heterocycles. The summed E-state index contributed by atoms with van der Waals surface area (Å²) in [6.07, 6.45) is -0.108. The first-order chi connectivity index (χ1) is 9.45. The lowest BCUT2D eigenvalue weighted by Gasteiger charge is -2.22. The quantitative estimate of drug-likeness (QED) is 0.881. The SMILES string of the molecule is CCC1CCCC1Nc1ccc(C(F)(F)F)cc1C#N. The van der Waals surface area contributed by atoms with Gasteiger partial charge < -0.3 is 5.32 Å². The Morgan fingerprint density at radius 3 is 2.70 bits per heavy atom. The van der Waals surface area contributed by atoms with Crippen LogP contribution < -0.4 is 5.32 Å². The fourth-order valence-corrected chi connectivity index (χ4v) is 2.85. The minimum Gasteiger partial charge on any atom is -0.381 e. The number of alkyl halides is 3. The summed E-state index contributed by atoms with van der Waals surface area (Å²) in [4.78, 5) is 0. The summed E-state index contributed by atoms with van der Waals surface area (Å²) in [7, 11) is 0. The van der Waals surface area contributed by atoms with E-state index >= 15 is 0 Å². The first-order valence-corrected chi connectivity index (χ1v) is 6.83. The van der Waals surface area contributed by atoms with Crippen molar-refractivity contribution >= 4 is 5.69 Å². The second-order valence-electron chi connectivity index (χ2n) is 5.22. The van der Waals surface area contributed by atoms with Gasteiger partial charge in [-0.3, -0.25) is 0 Å². The number of nitrogens with one attached hydrogen (secondary N) is 1. The molecule has 1 saturated carbocycles. The van der Waals surface area contributed by atoms with Crippen molar-refractivity contribution in [3.8, 4) is 6.07 Å². The molecule has 2 unspecified atom stereocenters. The van der Waals surface area contributed by atoms with Crippen molar-refractivity contribution in [1.82, 2.24) is 0 Å². The van der Waals surface area contributed by atoms with Gasteiger partial charge >= 0.3 is 6.18 Å². The van der Waals surface area contributed by atoms with Crippen LogP contribution in [0.1, 0.15) is 43.7 Å². The molecular weight excluding hydrogens is 265 g/mol. The fourth-order valence-electron chi connectivity index (χ4n) is 2.85. The number of hydrogen-bond acceptors (Lipinski definition) is 2. The third kappa shape index (κ3) is 3.06. The molecule has 1 N–H and O–H groups in total. The van der Waals surface area contributed by atoms with E-state index in [-0.39, 0.29) is 11.6 Å². The van der Waals surface area contributed by atoms with E-state index in [4.69, 9.17) is 5.26 Å². The zero-order valence-electron chi connectivity index (χ0n) is 11.3. The van der Waals surface area contributed by atoms with E-state index in [1.165, 1.54) is 6.07 Å². The van der Waals surface area contributed by atoms with Gasteiger partial charge in [-0.05, 0) is 37.0 Å². The molecule has 2 atom stereocenters. The van der Waals surface area contributed by atoms with Crippen molar-refractivity contribution in [2.45, 2.75) is 44.8 Å². The Labute approximate surface area is 116 Å². The maximum Gasteiger partial charge on any atom is 0.416 e. The van der Waals surface area contributed by atoms with Crippen LogP contribution in [0.4, 0.5) is 18.9 Å². The van der Waals surface area contributed by atoms with Crippen LogP contribution >= 0.6 is 0 Å². The number of rotatable bonds is 3. The minimum atomic E-state index is -4.41. The Balaban J connectivity index is 2.22. The van der Waals surface area contributed by atoms with Gasteiger partial charge in [0.25, 0.3) is 0 Å². The van der Waals surface area contributed by atoms with Gasteiger partial charge in [0.2, 0.25) is 0 Å². The van der Waals surface area contributed by atoms with Gasteiger partial charge in [0.05, 0.1) is 16.8 Å². The van der Waals surface area contributed by atoms with Gasteiger partial charge in [-0.2, -0.15) is 18.4 Å². The number of hydrogen-bond donors (Lipinski definition) is 1. The highest BCUT2D eigenvalue weighted by Crippen LogP contribution is 2.34. The Hall–Kier alpha value is -1.70. The highest BCUT2D eigenvalue weighted by molar-refractivity contribution is 5.59. The first kappa shape index (κ1) is 14.7. The van der Waals surface area contributed by atoms with Crippen molar-refractivity contribution in [2.75, 3.05) is 5.32 Å². The van der Waals surface area contributed by atoms with E-state index in [0.717, 1.165) is 37.8 Å². The summed E-state index contributed by atoms with van der Waals surface area (Å²) in [5.74, 6) is 0.531. The van der Waals surface area contributed by atoms with E-state index in [1.807, 2.05) is 6.07 Å². The average molecular weight is 282 g/mol. The summed E-state index contributed by atoms with van der Waals surface area (Å²) in [6, 6.07) is 5.42. The highest BCUT2D eigenvalue weighted by Gasteiger charge is 2.32. The van der Waals surface area contributed by atoms with Crippen LogP contribution in [-0.2, 0) is 6.18 Å². The number of benzene rings is 1. The van der Waals surface area contributed by atoms with Crippen molar-refractivity contribution in [2.24, 2.45) is 5.92 Å². The molecule has 1 aliphatic rings. The summed E-state index contributed by atoms with van der Waals surface area (Å²) in [6.45, 7) is 2.11. The van der Waals surface area contributed by atoms with Gasteiger partial charge in [-0.15, -0.1) is 0 Å². The van der Waals surface area contributed by atoms with Crippen LogP contribution in [-0.4, -0.2) is 6.04 Å². The van der Waals surface area contributed by atoms with Crippen LogP contribution in [0, 0.1) is 17.2 Å². The lowest BCUT2D eigenvalue weighted by molar-refractivity contribution is -0.137. The molecule has 0 saturated heterocycles.